The Morgan fingerprint density at radius 1 is 1.15 bits per heavy atom. The summed E-state index contributed by atoms with van der Waals surface area (Å²) in [4.78, 5) is 22.1. The third-order valence-corrected chi connectivity index (χ3v) is 8.10. The largest absolute Gasteiger partial charge is 0.356 e. The van der Waals surface area contributed by atoms with Crippen LogP contribution >= 0.6 is 0 Å². The number of nitrogens with one attached hydrogen (secondary N) is 1. The zero-order valence-corrected chi connectivity index (χ0v) is 21.2. The van der Waals surface area contributed by atoms with Crippen LogP contribution in [0.2, 0.25) is 0 Å². The fourth-order valence-electron chi connectivity index (χ4n) is 4.15. The molecule has 0 aliphatic carbocycles. The first kappa shape index (κ1) is 25.6. The van der Waals surface area contributed by atoms with Crippen molar-refractivity contribution in [2.24, 2.45) is 0 Å². The van der Waals surface area contributed by atoms with Crippen LogP contribution in [0.3, 0.4) is 0 Å². The van der Waals surface area contributed by atoms with Gasteiger partial charge in [0.2, 0.25) is 15.9 Å². The van der Waals surface area contributed by atoms with Gasteiger partial charge in [-0.3, -0.25) is 4.79 Å². The molecule has 1 N–H and O–H groups in total. The number of carbonyl (C=O) groups is 1. The predicted molar refractivity (Wildman–Crippen MR) is 131 cm³/mol. The molecule has 1 aromatic heterocycles. The van der Waals surface area contributed by atoms with E-state index in [-0.39, 0.29) is 10.8 Å². The standard InChI is InChI=1S/C23H38N6O3S/c1-5-29-21-9-8-19(33(31,32)26(2)3)18-20(21)25-22(29)10-11-23(30)24-12-6-7-13-28-16-14-27(4)15-17-28/h8-9,18H,5-7,10-17H2,1-4H3,(H,24,30). The van der Waals surface area contributed by atoms with E-state index >= 15 is 0 Å². The molecular weight excluding hydrogens is 440 g/mol. The summed E-state index contributed by atoms with van der Waals surface area (Å²) in [5.41, 5.74) is 1.52. The maximum atomic E-state index is 12.4. The minimum absolute atomic E-state index is 0.0279. The quantitative estimate of drug-likeness (QED) is 0.491. The molecule has 33 heavy (non-hydrogen) atoms. The van der Waals surface area contributed by atoms with Crippen molar-refractivity contribution in [3.63, 3.8) is 0 Å². The second-order valence-electron chi connectivity index (χ2n) is 8.91. The number of unbranched alkanes of at least 4 members (excludes halogenated alkanes) is 1. The van der Waals surface area contributed by atoms with Gasteiger partial charge in [0, 0.05) is 66.2 Å². The molecule has 0 spiro atoms. The number of hydrogen-bond donors (Lipinski definition) is 1. The highest BCUT2D eigenvalue weighted by atomic mass is 32.2. The first-order valence-electron chi connectivity index (χ1n) is 11.8. The number of amides is 1. The lowest BCUT2D eigenvalue weighted by Gasteiger charge is -2.32. The Kier molecular flexibility index (Phi) is 8.86. The number of rotatable bonds is 11. The van der Waals surface area contributed by atoms with E-state index in [1.165, 1.54) is 18.4 Å². The first-order valence-corrected chi connectivity index (χ1v) is 13.3. The van der Waals surface area contributed by atoms with Gasteiger partial charge in [-0.2, -0.15) is 0 Å². The van der Waals surface area contributed by atoms with Crippen molar-refractivity contribution in [3.05, 3.63) is 24.0 Å². The van der Waals surface area contributed by atoms with Crippen LogP contribution in [0.5, 0.6) is 0 Å². The van der Waals surface area contributed by atoms with Gasteiger partial charge < -0.3 is 19.7 Å². The number of piperazine rings is 1. The SMILES string of the molecule is CCn1c(CCC(=O)NCCCCN2CCN(C)CC2)nc2cc(S(=O)(=O)N(C)C)ccc21. The third-order valence-electron chi connectivity index (χ3n) is 6.29. The summed E-state index contributed by atoms with van der Waals surface area (Å²) < 4.78 is 28.1. The Morgan fingerprint density at radius 3 is 2.55 bits per heavy atom. The van der Waals surface area contributed by atoms with Crippen molar-refractivity contribution < 1.29 is 13.2 Å². The molecule has 2 aromatic rings. The van der Waals surface area contributed by atoms with Crippen molar-refractivity contribution in [2.75, 3.05) is 60.4 Å². The fourth-order valence-corrected chi connectivity index (χ4v) is 5.07. The number of aryl methyl sites for hydroxylation is 2. The van der Waals surface area contributed by atoms with Crippen molar-refractivity contribution >= 4 is 27.0 Å². The molecule has 1 aromatic carbocycles. The van der Waals surface area contributed by atoms with Crippen molar-refractivity contribution in [2.45, 2.75) is 44.0 Å². The number of nitrogens with zero attached hydrogens (tertiary/aromatic N) is 5. The summed E-state index contributed by atoms with van der Waals surface area (Å²) in [7, 11) is 1.68. The molecule has 1 saturated heterocycles. The van der Waals surface area contributed by atoms with E-state index in [1.807, 2.05) is 11.5 Å². The van der Waals surface area contributed by atoms with Gasteiger partial charge in [-0.15, -0.1) is 0 Å². The molecule has 0 saturated carbocycles. The van der Waals surface area contributed by atoms with Crippen molar-refractivity contribution in [3.8, 4) is 0 Å². The van der Waals surface area contributed by atoms with Gasteiger partial charge in [0.15, 0.2) is 0 Å². The van der Waals surface area contributed by atoms with Crippen molar-refractivity contribution in [1.82, 2.24) is 29.0 Å². The molecule has 1 aliphatic rings. The lowest BCUT2D eigenvalue weighted by molar-refractivity contribution is -0.121. The average Bonchev–Trinajstić information content (AvgIpc) is 3.15. The van der Waals surface area contributed by atoms with Gasteiger partial charge in [0.05, 0.1) is 15.9 Å². The highest BCUT2D eigenvalue weighted by Gasteiger charge is 2.20. The normalized spacial score (nSPS) is 16.0. The Hall–Kier alpha value is -2.01. The molecule has 9 nitrogen and oxygen atoms in total. The number of imidazole rings is 1. The number of hydrogen-bond acceptors (Lipinski definition) is 6. The maximum Gasteiger partial charge on any atom is 0.242 e. The summed E-state index contributed by atoms with van der Waals surface area (Å²) in [5.74, 6) is 0.831. The lowest BCUT2D eigenvalue weighted by Crippen LogP contribution is -2.44. The summed E-state index contributed by atoms with van der Waals surface area (Å²) in [6, 6.07) is 5.02. The van der Waals surface area contributed by atoms with Gasteiger partial charge in [-0.1, -0.05) is 0 Å². The van der Waals surface area contributed by atoms with E-state index in [0.29, 0.717) is 31.4 Å². The van der Waals surface area contributed by atoms with E-state index < -0.39 is 10.0 Å². The minimum atomic E-state index is -3.51. The van der Waals surface area contributed by atoms with Gasteiger partial charge in [-0.25, -0.2) is 17.7 Å². The number of aromatic nitrogens is 2. The number of likely N-dealkylation sites (N-methyl/N-ethyl adjacent to an activating group) is 1. The highest BCUT2D eigenvalue weighted by Crippen LogP contribution is 2.22. The van der Waals surface area contributed by atoms with Crippen molar-refractivity contribution in [1.29, 1.82) is 0 Å². The molecule has 1 fully saturated rings. The predicted octanol–water partition coefficient (Wildman–Crippen LogP) is 1.38. The second-order valence-corrected chi connectivity index (χ2v) is 11.1. The summed E-state index contributed by atoms with van der Waals surface area (Å²) in [6.45, 7) is 9.04. The van der Waals surface area contributed by atoms with E-state index in [4.69, 9.17) is 0 Å². The molecule has 184 valence electrons. The van der Waals surface area contributed by atoms with E-state index in [9.17, 15) is 13.2 Å². The van der Waals surface area contributed by atoms with Gasteiger partial charge in [0.1, 0.15) is 5.82 Å². The van der Waals surface area contributed by atoms with Crippen LogP contribution in [0.15, 0.2) is 23.1 Å². The van der Waals surface area contributed by atoms with E-state index in [0.717, 1.165) is 56.9 Å². The topological polar surface area (TPSA) is 90.8 Å². The zero-order chi connectivity index (χ0) is 24.0. The number of sulfonamides is 1. The molecule has 0 radical (unpaired) electrons. The molecule has 0 unspecified atom stereocenters. The number of fused-ring (bicyclic) bond motifs is 1. The summed E-state index contributed by atoms with van der Waals surface area (Å²) in [6.07, 6.45) is 2.96. The number of carbonyl (C=O) groups excluding carboxylic acids is 1. The fraction of sp³-hybridized carbons (Fsp3) is 0.652. The Balaban J connectivity index is 1.49. The van der Waals surface area contributed by atoms with E-state index in [2.05, 4.69) is 27.1 Å². The van der Waals surface area contributed by atoms with Crippen LogP contribution in [0.4, 0.5) is 0 Å². The summed E-state index contributed by atoms with van der Waals surface area (Å²) >= 11 is 0. The molecule has 2 heterocycles. The molecule has 1 aliphatic heterocycles. The highest BCUT2D eigenvalue weighted by molar-refractivity contribution is 7.89. The maximum absolute atomic E-state index is 12.4. The first-order chi connectivity index (χ1) is 15.7. The molecule has 0 bridgehead atoms. The molecule has 10 heteroatoms. The zero-order valence-electron chi connectivity index (χ0n) is 20.4. The summed E-state index contributed by atoms with van der Waals surface area (Å²) in [5, 5.41) is 3.02. The van der Waals surface area contributed by atoms with Gasteiger partial charge >= 0.3 is 0 Å². The Bertz CT molecular complexity index is 1040. The van der Waals surface area contributed by atoms with Crippen LogP contribution in [0.25, 0.3) is 11.0 Å². The van der Waals surface area contributed by atoms with Crippen LogP contribution in [-0.2, 0) is 27.8 Å². The van der Waals surface area contributed by atoms with Crippen LogP contribution in [-0.4, -0.2) is 98.4 Å². The number of benzene rings is 1. The molecule has 0 atom stereocenters. The monoisotopic (exact) mass is 478 g/mol. The second kappa shape index (κ2) is 11.4. The molecular formula is C23H38N6O3S. The average molecular weight is 479 g/mol. The van der Waals surface area contributed by atoms with Crippen LogP contribution in [0.1, 0.15) is 32.0 Å². The Labute approximate surface area is 197 Å². The third kappa shape index (κ3) is 6.53. The van der Waals surface area contributed by atoms with Gasteiger partial charge in [-0.05, 0) is 51.6 Å². The molecule has 1 amide bonds. The smallest absolute Gasteiger partial charge is 0.242 e. The van der Waals surface area contributed by atoms with E-state index in [1.54, 1.807) is 18.2 Å². The van der Waals surface area contributed by atoms with Crippen LogP contribution < -0.4 is 5.32 Å². The minimum Gasteiger partial charge on any atom is -0.356 e. The lowest BCUT2D eigenvalue weighted by atomic mass is 10.2. The van der Waals surface area contributed by atoms with Crippen LogP contribution in [0, 0.1) is 0 Å². The Morgan fingerprint density at radius 2 is 1.88 bits per heavy atom. The molecule has 3 rings (SSSR count). The van der Waals surface area contributed by atoms with Gasteiger partial charge in [0.25, 0.3) is 0 Å².